The molecule has 1 aliphatic rings. The van der Waals surface area contributed by atoms with E-state index in [0.717, 1.165) is 23.4 Å². The van der Waals surface area contributed by atoms with Gasteiger partial charge in [-0.3, -0.25) is 4.79 Å². The molecule has 0 aliphatic heterocycles. The summed E-state index contributed by atoms with van der Waals surface area (Å²) in [6.07, 6.45) is 3.85. The van der Waals surface area contributed by atoms with Crippen molar-refractivity contribution in [2.24, 2.45) is 0 Å². The highest BCUT2D eigenvalue weighted by Crippen LogP contribution is 2.34. The first-order valence-corrected chi connectivity index (χ1v) is 6.50. The number of fused-ring (bicyclic) bond motifs is 1. The first-order chi connectivity index (χ1) is 9.81. The first-order valence-electron chi connectivity index (χ1n) is 6.50. The highest BCUT2D eigenvalue weighted by Gasteiger charge is 2.16. The molecule has 0 radical (unpaired) electrons. The highest BCUT2D eigenvalue weighted by molar-refractivity contribution is 5.87. The van der Waals surface area contributed by atoms with E-state index in [2.05, 4.69) is 29.6 Å². The third kappa shape index (κ3) is 2.18. The molecule has 0 spiro atoms. The van der Waals surface area contributed by atoms with Crippen LogP contribution >= 0.6 is 0 Å². The topological polar surface area (TPSA) is 38.3 Å². The van der Waals surface area contributed by atoms with Crippen LogP contribution in [0.15, 0.2) is 48.5 Å². The molecule has 20 heavy (non-hydrogen) atoms. The number of nitrogens with one attached hydrogen (secondary N) is 1. The van der Waals surface area contributed by atoms with Gasteiger partial charge in [-0.1, -0.05) is 24.3 Å². The van der Waals surface area contributed by atoms with E-state index >= 15 is 0 Å². The number of ether oxygens (including phenoxy) is 1. The van der Waals surface area contributed by atoms with Crippen LogP contribution in [0, 0.1) is 0 Å². The van der Waals surface area contributed by atoms with E-state index < -0.39 is 0 Å². The molecule has 0 saturated carbocycles. The number of methoxy groups -OCH3 is 1. The lowest BCUT2D eigenvalue weighted by molar-refractivity contribution is -0.105. The van der Waals surface area contributed by atoms with Gasteiger partial charge in [-0.05, 0) is 52.9 Å². The van der Waals surface area contributed by atoms with Crippen LogP contribution in [0.25, 0.3) is 5.57 Å². The lowest BCUT2D eigenvalue weighted by Gasteiger charge is -2.09. The number of hydrogen-bond donors (Lipinski definition) is 1. The zero-order chi connectivity index (χ0) is 13.9. The molecule has 1 aliphatic carbocycles. The number of carbonyl (C=O) groups excluding carboxylic acids is 1. The van der Waals surface area contributed by atoms with Gasteiger partial charge in [0.1, 0.15) is 5.75 Å². The summed E-state index contributed by atoms with van der Waals surface area (Å²) in [7, 11) is 1.66. The molecule has 0 saturated heterocycles. The number of carbonyl (C=O) groups is 1. The third-order valence-corrected chi connectivity index (χ3v) is 3.55. The molecule has 3 heteroatoms. The predicted octanol–water partition coefficient (Wildman–Crippen LogP) is 3.25. The standard InChI is InChI=1S/C17H15NO2/c1-20-15-7-3-12(4-8-15)16-9-5-13-2-6-14(18-11-19)10-17(13)16/h2-4,6-11H,5H2,1H3,(H,18,19). The van der Waals surface area contributed by atoms with Gasteiger partial charge in [0, 0.05) is 5.69 Å². The second-order valence-corrected chi connectivity index (χ2v) is 4.68. The number of amides is 1. The number of allylic oxidation sites excluding steroid dienone is 1. The smallest absolute Gasteiger partial charge is 0.211 e. The van der Waals surface area contributed by atoms with Crippen molar-refractivity contribution in [1.29, 1.82) is 0 Å². The van der Waals surface area contributed by atoms with E-state index in [0.29, 0.717) is 6.41 Å². The summed E-state index contributed by atoms with van der Waals surface area (Å²) in [4.78, 5) is 10.6. The van der Waals surface area contributed by atoms with Crippen LogP contribution in [-0.2, 0) is 11.2 Å². The Hall–Kier alpha value is -2.55. The van der Waals surface area contributed by atoms with Gasteiger partial charge >= 0.3 is 0 Å². The molecular formula is C17H15NO2. The summed E-state index contributed by atoms with van der Waals surface area (Å²) < 4.78 is 5.18. The minimum absolute atomic E-state index is 0.702. The van der Waals surface area contributed by atoms with Crippen LogP contribution in [0.2, 0.25) is 0 Å². The zero-order valence-electron chi connectivity index (χ0n) is 11.2. The number of benzene rings is 2. The molecular weight excluding hydrogens is 250 g/mol. The lowest BCUT2D eigenvalue weighted by Crippen LogP contribution is -1.96. The van der Waals surface area contributed by atoms with E-state index in [1.54, 1.807) is 7.11 Å². The Kier molecular flexibility index (Phi) is 3.25. The van der Waals surface area contributed by atoms with Gasteiger partial charge in [-0.15, -0.1) is 0 Å². The van der Waals surface area contributed by atoms with Crippen molar-refractivity contribution in [3.05, 3.63) is 65.2 Å². The molecule has 1 amide bonds. The summed E-state index contributed by atoms with van der Waals surface area (Å²) in [5.41, 5.74) is 5.65. The molecule has 3 nitrogen and oxygen atoms in total. The van der Waals surface area contributed by atoms with E-state index in [4.69, 9.17) is 4.74 Å². The van der Waals surface area contributed by atoms with E-state index in [9.17, 15) is 4.79 Å². The third-order valence-electron chi connectivity index (χ3n) is 3.55. The largest absolute Gasteiger partial charge is 0.497 e. The second-order valence-electron chi connectivity index (χ2n) is 4.68. The molecule has 0 aromatic heterocycles. The van der Waals surface area contributed by atoms with Gasteiger partial charge in [0.25, 0.3) is 0 Å². The Labute approximate surface area is 117 Å². The molecule has 0 bridgehead atoms. The van der Waals surface area contributed by atoms with Crippen LogP contribution in [0.5, 0.6) is 5.75 Å². The van der Waals surface area contributed by atoms with Crippen molar-refractivity contribution in [3.63, 3.8) is 0 Å². The van der Waals surface area contributed by atoms with Crippen LogP contribution in [0.1, 0.15) is 16.7 Å². The Morgan fingerprint density at radius 1 is 1.15 bits per heavy atom. The molecule has 0 heterocycles. The lowest BCUT2D eigenvalue weighted by atomic mass is 9.98. The molecule has 0 fully saturated rings. The van der Waals surface area contributed by atoms with Crippen molar-refractivity contribution in [2.75, 3.05) is 12.4 Å². The van der Waals surface area contributed by atoms with Crippen molar-refractivity contribution in [2.45, 2.75) is 6.42 Å². The average molecular weight is 265 g/mol. The Morgan fingerprint density at radius 3 is 2.65 bits per heavy atom. The van der Waals surface area contributed by atoms with Gasteiger partial charge < -0.3 is 10.1 Å². The minimum atomic E-state index is 0.702. The van der Waals surface area contributed by atoms with Crippen LogP contribution in [0.3, 0.4) is 0 Å². The zero-order valence-corrected chi connectivity index (χ0v) is 11.2. The summed E-state index contributed by atoms with van der Waals surface area (Å²) in [6.45, 7) is 0. The first kappa shape index (κ1) is 12.5. The van der Waals surface area contributed by atoms with E-state index in [-0.39, 0.29) is 0 Å². The fraction of sp³-hybridized carbons (Fsp3) is 0.118. The fourth-order valence-electron chi connectivity index (χ4n) is 2.53. The number of anilines is 1. The normalized spacial score (nSPS) is 12.6. The summed E-state index contributed by atoms with van der Waals surface area (Å²) in [5.74, 6) is 0.851. The molecule has 0 unspecified atom stereocenters. The summed E-state index contributed by atoms with van der Waals surface area (Å²) in [6, 6.07) is 14.0. The average Bonchev–Trinajstić information content (AvgIpc) is 2.91. The Morgan fingerprint density at radius 2 is 1.95 bits per heavy atom. The van der Waals surface area contributed by atoms with Gasteiger partial charge in [0.2, 0.25) is 6.41 Å². The van der Waals surface area contributed by atoms with Gasteiger partial charge in [-0.2, -0.15) is 0 Å². The summed E-state index contributed by atoms with van der Waals surface area (Å²) >= 11 is 0. The van der Waals surface area contributed by atoms with Crippen molar-refractivity contribution >= 4 is 17.7 Å². The maximum Gasteiger partial charge on any atom is 0.211 e. The van der Waals surface area contributed by atoms with E-state index in [1.165, 1.54) is 16.7 Å². The van der Waals surface area contributed by atoms with Crippen molar-refractivity contribution in [3.8, 4) is 5.75 Å². The summed E-state index contributed by atoms with van der Waals surface area (Å²) in [5, 5.41) is 2.70. The van der Waals surface area contributed by atoms with Crippen LogP contribution in [0.4, 0.5) is 5.69 Å². The minimum Gasteiger partial charge on any atom is -0.497 e. The van der Waals surface area contributed by atoms with Gasteiger partial charge in [-0.25, -0.2) is 0 Å². The maximum absolute atomic E-state index is 10.6. The molecule has 100 valence electrons. The Balaban J connectivity index is 1.97. The van der Waals surface area contributed by atoms with Crippen molar-refractivity contribution in [1.82, 2.24) is 0 Å². The maximum atomic E-state index is 10.6. The highest BCUT2D eigenvalue weighted by atomic mass is 16.5. The van der Waals surface area contributed by atoms with Gasteiger partial charge in [0.15, 0.2) is 0 Å². The number of rotatable bonds is 4. The molecule has 2 aromatic carbocycles. The SMILES string of the molecule is COc1ccc(C2=CCc3ccc(NC=O)cc32)cc1. The number of hydrogen-bond acceptors (Lipinski definition) is 2. The Bertz CT molecular complexity index is 672. The molecule has 0 atom stereocenters. The van der Waals surface area contributed by atoms with Crippen LogP contribution < -0.4 is 10.1 Å². The second kappa shape index (κ2) is 5.21. The quantitative estimate of drug-likeness (QED) is 0.862. The fourth-order valence-corrected chi connectivity index (χ4v) is 2.53. The molecule has 1 N–H and O–H groups in total. The van der Waals surface area contributed by atoms with Crippen LogP contribution in [-0.4, -0.2) is 13.5 Å². The molecule has 3 rings (SSSR count). The monoisotopic (exact) mass is 265 g/mol. The van der Waals surface area contributed by atoms with Crippen molar-refractivity contribution < 1.29 is 9.53 Å². The van der Waals surface area contributed by atoms with E-state index in [1.807, 2.05) is 24.3 Å². The predicted molar refractivity (Wildman–Crippen MR) is 79.9 cm³/mol. The molecule has 2 aromatic rings. The van der Waals surface area contributed by atoms with Gasteiger partial charge in [0.05, 0.1) is 7.11 Å².